The van der Waals surface area contributed by atoms with E-state index in [0.717, 1.165) is 38.4 Å². The average Bonchev–Trinajstić information content (AvgIpc) is 2.91. The van der Waals surface area contributed by atoms with Crippen LogP contribution in [0.2, 0.25) is 0 Å². The molecular formula is C14H15N5S2. The van der Waals surface area contributed by atoms with Crippen molar-refractivity contribution in [2.45, 2.75) is 24.8 Å². The third kappa shape index (κ3) is 3.14. The summed E-state index contributed by atoms with van der Waals surface area (Å²) in [6.07, 6.45) is 0. The van der Waals surface area contributed by atoms with Crippen LogP contribution in [0.15, 0.2) is 22.7 Å². The lowest BCUT2D eigenvalue weighted by Crippen LogP contribution is -2.00. The Morgan fingerprint density at radius 3 is 2.62 bits per heavy atom. The maximum atomic E-state index is 4.59. The van der Waals surface area contributed by atoms with Gasteiger partial charge in [0.05, 0.1) is 11.1 Å². The number of fused-ring (bicyclic) bond motifs is 1. The Morgan fingerprint density at radius 1 is 1.14 bits per heavy atom. The number of anilines is 1. The maximum Gasteiger partial charge on any atom is 0.188 e. The zero-order chi connectivity index (χ0) is 14.8. The zero-order valence-electron chi connectivity index (χ0n) is 12.0. The van der Waals surface area contributed by atoms with Crippen molar-refractivity contribution in [2.24, 2.45) is 0 Å². The van der Waals surface area contributed by atoms with Gasteiger partial charge >= 0.3 is 0 Å². The first-order valence-corrected chi connectivity index (χ1v) is 8.39. The van der Waals surface area contributed by atoms with Gasteiger partial charge in [-0.1, -0.05) is 11.8 Å². The molecule has 0 spiro atoms. The fourth-order valence-electron chi connectivity index (χ4n) is 2.04. The highest BCUT2D eigenvalue weighted by atomic mass is 32.2. The Bertz CT molecular complexity index is 764. The highest BCUT2D eigenvalue weighted by Gasteiger charge is 2.09. The van der Waals surface area contributed by atoms with Crippen molar-refractivity contribution in [3.05, 3.63) is 34.7 Å². The minimum atomic E-state index is 0.658. The minimum absolute atomic E-state index is 0.658. The van der Waals surface area contributed by atoms with Gasteiger partial charge < -0.3 is 5.32 Å². The highest BCUT2D eigenvalue weighted by Crippen LogP contribution is 2.26. The van der Waals surface area contributed by atoms with E-state index in [-0.39, 0.29) is 0 Å². The molecular weight excluding hydrogens is 302 g/mol. The number of nitrogens with one attached hydrogen (secondary N) is 1. The molecule has 7 heteroatoms. The zero-order valence-corrected chi connectivity index (χ0v) is 13.7. The van der Waals surface area contributed by atoms with Gasteiger partial charge in [0, 0.05) is 18.4 Å². The number of hydrogen-bond donors (Lipinski definition) is 1. The molecule has 3 rings (SSSR count). The summed E-state index contributed by atoms with van der Waals surface area (Å²) in [5, 5.41) is 7.00. The monoisotopic (exact) mass is 317 g/mol. The van der Waals surface area contributed by atoms with Gasteiger partial charge in [0.15, 0.2) is 5.16 Å². The lowest BCUT2D eigenvalue weighted by Gasteiger charge is -2.05. The molecule has 0 aliphatic carbocycles. The number of hydrogen-bond acceptors (Lipinski definition) is 7. The SMILES string of the molecule is CNc1nc(CSc2nc(C)cc(C)n2)nc2sccc12. The molecule has 21 heavy (non-hydrogen) atoms. The van der Waals surface area contributed by atoms with Gasteiger partial charge in [-0.25, -0.2) is 19.9 Å². The first-order chi connectivity index (χ1) is 10.2. The van der Waals surface area contributed by atoms with Crippen molar-refractivity contribution in [2.75, 3.05) is 12.4 Å². The van der Waals surface area contributed by atoms with Crippen LogP contribution in [0, 0.1) is 13.8 Å². The number of thiophene rings is 1. The highest BCUT2D eigenvalue weighted by molar-refractivity contribution is 7.98. The largest absolute Gasteiger partial charge is 0.372 e. The van der Waals surface area contributed by atoms with E-state index >= 15 is 0 Å². The summed E-state index contributed by atoms with van der Waals surface area (Å²) in [7, 11) is 1.88. The Morgan fingerprint density at radius 2 is 1.90 bits per heavy atom. The number of aryl methyl sites for hydroxylation is 2. The number of nitrogens with zero attached hydrogens (tertiary/aromatic N) is 4. The lowest BCUT2D eigenvalue weighted by molar-refractivity contribution is 0.899. The van der Waals surface area contributed by atoms with E-state index in [0.29, 0.717) is 5.75 Å². The van der Waals surface area contributed by atoms with Crippen LogP contribution in [-0.2, 0) is 5.75 Å². The van der Waals surface area contributed by atoms with Crippen molar-refractivity contribution in [1.29, 1.82) is 0 Å². The maximum absolute atomic E-state index is 4.59. The average molecular weight is 317 g/mol. The second-order valence-corrected chi connectivity index (χ2v) is 6.44. The molecule has 0 aliphatic rings. The molecule has 0 unspecified atom stereocenters. The fraction of sp³-hybridized carbons (Fsp3) is 0.286. The van der Waals surface area contributed by atoms with E-state index in [9.17, 15) is 0 Å². The van der Waals surface area contributed by atoms with E-state index in [1.54, 1.807) is 23.1 Å². The molecule has 1 N–H and O–H groups in total. The van der Waals surface area contributed by atoms with Gasteiger partial charge in [-0.3, -0.25) is 0 Å². The van der Waals surface area contributed by atoms with Gasteiger partial charge in [-0.2, -0.15) is 0 Å². The van der Waals surface area contributed by atoms with Crippen LogP contribution >= 0.6 is 23.1 Å². The number of aromatic nitrogens is 4. The standard InChI is InChI=1S/C14H15N5S2/c1-8-6-9(2)17-14(16-8)21-7-11-18-12(15-3)10-4-5-20-13(10)19-11/h4-6H,7H2,1-3H3,(H,15,18,19). The summed E-state index contributed by atoms with van der Waals surface area (Å²) in [4.78, 5) is 19.0. The predicted molar refractivity (Wildman–Crippen MR) is 88.0 cm³/mol. The van der Waals surface area contributed by atoms with Crippen molar-refractivity contribution in [3.63, 3.8) is 0 Å². The number of thioether (sulfide) groups is 1. The molecule has 108 valence electrons. The van der Waals surface area contributed by atoms with Gasteiger partial charge in [-0.15, -0.1) is 11.3 Å². The second-order valence-electron chi connectivity index (χ2n) is 4.60. The van der Waals surface area contributed by atoms with Crippen molar-refractivity contribution in [1.82, 2.24) is 19.9 Å². The van der Waals surface area contributed by atoms with Gasteiger partial charge in [0.2, 0.25) is 0 Å². The van der Waals surface area contributed by atoms with Crippen LogP contribution in [0.1, 0.15) is 17.2 Å². The number of rotatable bonds is 4. The Balaban J connectivity index is 1.84. The molecule has 3 heterocycles. The summed E-state index contributed by atoms with van der Waals surface area (Å²) in [6.45, 7) is 3.96. The van der Waals surface area contributed by atoms with Gasteiger partial charge in [-0.05, 0) is 31.4 Å². The van der Waals surface area contributed by atoms with Crippen molar-refractivity contribution in [3.8, 4) is 0 Å². The smallest absolute Gasteiger partial charge is 0.188 e. The predicted octanol–water partition coefficient (Wildman–Crippen LogP) is 3.43. The minimum Gasteiger partial charge on any atom is -0.372 e. The molecule has 0 aromatic carbocycles. The first-order valence-electron chi connectivity index (χ1n) is 6.52. The second kappa shape index (κ2) is 5.95. The topological polar surface area (TPSA) is 63.6 Å². The molecule has 0 saturated heterocycles. The quantitative estimate of drug-likeness (QED) is 0.587. The summed E-state index contributed by atoms with van der Waals surface area (Å²) in [6, 6.07) is 4.01. The van der Waals surface area contributed by atoms with Crippen LogP contribution in [0.3, 0.4) is 0 Å². The van der Waals surface area contributed by atoms with Crippen LogP contribution < -0.4 is 5.32 Å². The van der Waals surface area contributed by atoms with Crippen LogP contribution in [0.25, 0.3) is 10.2 Å². The molecule has 3 aromatic rings. The van der Waals surface area contributed by atoms with Crippen LogP contribution in [0.4, 0.5) is 5.82 Å². The normalized spacial score (nSPS) is 11.0. The van der Waals surface area contributed by atoms with Gasteiger partial charge in [0.1, 0.15) is 16.5 Å². The molecule has 0 atom stereocenters. The van der Waals surface area contributed by atoms with E-state index < -0.39 is 0 Å². The summed E-state index contributed by atoms with van der Waals surface area (Å²) in [5.74, 6) is 2.33. The Kier molecular flexibility index (Phi) is 4.03. The van der Waals surface area contributed by atoms with Gasteiger partial charge in [0.25, 0.3) is 0 Å². The molecule has 5 nitrogen and oxygen atoms in total. The van der Waals surface area contributed by atoms with Crippen molar-refractivity contribution < 1.29 is 0 Å². The van der Waals surface area contributed by atoms with Crippen LogP contribution in [-0.4, -0.2) is 27.0 Å². The van der Waals surface area contributed by atoms with E-state index in [2.05, 4.69) is 25.3 Å². The lowest BCUT2D eigenvalue weighted by atomic mass is 10.4. The summed E-state index contributed by atoms with van der Waals surface area (Å²) >= 11 is 3.19. The summed E-state index contributed by atoms with van der Waals surface area (Å²) < 4.78 is 0. The molecule has 0 saturated carbocycles. The fourth-order valence-corrected chi connectivity index (χ4v) is 3.63. The van der Waals surface area contributed by atoms with Crippen LogP contribution in [0.5, 0.6) is 0 Å². The Labute approximate surface area is 131 Å². The molecule has 0 bridgehead atoms. The molecule has 0 amide bonds. The Hall–Kier alpha value is -1.73. The first kappa shape index (κ1) is 14.2. The van der Waals surface area contributed by atoms with E-state index in [1.165, 1.54) is 0 Å². The molecule has 0 aliphatic heterocycles. The third-order valence-electron chi connectivity index (χ3n) is 2.90. The van der Waals surface area contributed by atoms with Crippen molar-refractivity contribution >= 4 is 39.1 Å². The van der Waals surface area contributed by atoms with E-state index in [1.807, 2.05) is 38.4 Å². The molecule has 0 fully saturated rings. The summed E-state index contributed by atoms with van der Waals surface area (Å²) in [5.41, 5.74) is 1.96. The van der Waals surface area contributed by atoms with E-state index in [4.69, 9.17) is 0 Å². The molecule has 0 radical (unpaired) electrons. The molecule has 3 aromatic heterocycles. The third-order valence-corrected chi connectivity index (χ3v) is 4.55.